The lowest BCUT2D eigenvalue weighted by Gasteiger charge is -2.15. The maximum absolute atomic E-state index is 11.3. The molecule has 0 amide bonds. The third kappa shape index (κ3) is 9.42. The molecular weight excluding hydrogens is 531 g/mol. The molecule has 0 atom stereocenters. The number of hydrogen-bond donors (Lipinski definition) is 3. The van der Waals surface area contributed by atoms with Crippen molar-refractivity contribution in [3.63, 3.8) is 0 Å². The molecule has 8 nitrogen and oxygen atoms in total. The van der Waals surface area contributed by atoms with Gasteiger partial charge in [-0.25, -0.2) is 13.6 Å². The fraction of sp³-hybridized carbons (Fsp3) is 0.381. The molecule has 0 aliphatic rings. The number of methoxy groups -OCH3 is 1. The molecule has 0 fully saturated rings. The summed E-state index contributed by atoms with van der Waals surface area (Å²) in [7, 11) is -0.321. The molecule has 2 rings (SSSR count). The molecule has 2 aromatic carbocycles. The number of primary sulfonamides is 1. The second-order valence-corrected chi connectivity index (χ2v) is 8.34. The number of aryl methyl sites for hydroxylation is 1. The van der Waals surface area contributed by atoms with Gasteiger partial charge in [0.2, 0.25) is 10.0 Å². The third-order valence-electron chi connectivity index (χ3n) is 4.35. The van der Waals surface area contributed by atoms with Crippen LogP contribution in [0.4, 0.5) is 0 Å². The SMILES string of the molecule is CN=C(NCc1ccc(S(N)(=O)=O)cc1)NCc1ccc(C)cc1OCCCOC.I. The van der Waals surface area contributed by atoms with E-state index < -0.39 is 10.0 Å². The summed E-state index contributed by atoms with van der Waals surface area (Å²) < 4.78 is 33.7. The van der Waals surface area contributed by atoms with E-state index in [1.165, 1.54) is 12.1 Å². The lowest BCUT2D eigenvalue weighted by Crippen LogP contribution is -2.36. The number of guanidine groups is 1. The van der Waals surface area contributed by atoms with Crippen molar-refractivity contribution in [3.05, 3.63) is 59.2 Å². The van der Waals surface area contributed by atoms with Crippen molar-refractivity contribution >= 4 is 40.0 Å². The van der Waals surface area contributed by atoms with Crippen molar-refractivity contribution < 1.29 is 17.9 Å². The van der Waals surface area contributed by atoms with Gasteiger partial charge in [-0.05, 0) is 36.2 Å². The van der Waals surface area contributed by atoms with Crippen LogP contribution in [0.25, 0.3) is 0 Å². The number of nitrogens with zero attached hydrogens (tertiary/aromatic N) is 1. The molecule has 0 saturated heterocycles. The van der Waals surface area contributed by atoms with Crippen molar-refractivity contribution in [3.8, 4) is 5.75 Å². The van der Waals surface area contributed by atoms with E-state index in [4.69, 9.17) is 14.6 Å². The fourth-order valence-corrected chi connectivity index (χ4v) is 3.23. The van der Waals surface area contributed by atoms with Gasteiger partial charge in [0, 0.05) is 45.8 Å². The van der Waals surface area contributed by atoms with Gasteiger partial charge in [0.15, 0.2) is 5.96 Å². The minimum atomic E-state index is -3.69. The highest BCUT2D eigenvalue weighted by molar-refractivity contribution is 14.0. The summed E-state index contributed by atoms with van der Waals surface area (Å²) >= 11 is 0. The van der Waals surface area contributed by atoms with Crippen LogP contribution in [0.2, 0.25) is 0 Å². The van der Waals surface area contributed by atoms with E-state index in [2.05, 4.69) is 15.6 Å². The smallest absolute Gasteiger partial charge is 0.238 e. The van der Waals surface area contributed by atoms with Crippen LogP contribution < -0.4 is 20.5 Å². The molecule has 0 aromatic heterocycles. The third-order valence-corrected chi connectivity index (χ3v) is 5.28. The van der Waals surface area contributed by atoms with Crippen molar-refractivity contribution in [2.24, 2.45) is 10.1 Å². The number of aliphatic imine (C=N–C) groups is 1. The molecule has 0 aliphatic carbocycles. The van der Waals surface area contributed by atoms with Crippen LogP contribution in [0.15, 0.2) is 52.4 Å². The standard InChI is InChI=1S/C21H30N4O4S.HI/c1-16-5-8-18(20(13-16)29-12-4-11-28-3)15-25-21(23-2)24-14-17-6-9-19(10-7-17)30(22,26)27;/h5-10,13H,4,11-12,14-15H2,1-3H3,(H2,22,26,27)(H2,23,24,25);1H. The first kappa shape index (κ1) is 27.1. The number of halogens is 1. The Labute approximate surface area is 201 Å². The normalized spacial score (nSPS) is 11.5. The number of benzene rings is 2. The van der Waals surface area contributed by atoms with E-state index in [-0.39, 0.29) is 28.9 Å². The molecular formula is C21H31IN4O4S. The number of ether oxygens (including phenoxy) is 2. The van der Waals surface area contributed by atoms with Gasteiger partial charge in [0.05, 0.1) is 11.5 Å². The van der Waals surface area contributed by atoms with E-state index in [1.54, 1.807) is 26.3 Å². The largest absolute Gasteiger partial charge is 0.493 e. The van der Waals surface area contributed by atoms with Crippen molar-refractivity contribution in [1.82, 2.24) is 10.6 Å². The first-order valence-electron chi connectivity index (χ1n) is 9.61. The average molecular weight is 562 g/mol. The Kier molecular flexibility index (Phi) is 11.8. The monoisotopic (exact) mass is 562 g/mol. The molecule has 0 spiro atoms. The molecule has 0 unspecified atom stereocenters. The van der Waals surface area contributed by atoms with Gasteiger partial charge in [-0.3, -0.25) is 4.99 Å². The van der Waals surface area contributed by atoms with E-state index in [1.807, 2.05) is 25.1 Å². The molecule has 2 aromatic rings. The second-order valence-electron chi connectivity index (χ2n) is 6.77. The maximum atomic E-state index is 11.3. The lowest BCUT2D eigenvalue weighted by molar-refractivity contribution is 0.171. The van der Waals surface area contributed by atoms with E-state index in [9.17, 15) is 8.42 Å². The van der Waals surface area contributed by atoms with Crippen LogP contribution in [-0.2, 0) is 27.8 Å². The van der Waals surface area contributed by atoms with E-state index >= 15 is 0 Å². The Bertz CT molecular complexity index is 950. The first-order chi connectivity index (χ1) is 14.3. The number of hydrogen-bond acceptors (Lipinski definition) is 5. The van der Waals surface area contributed by atoms with Crippen LogP contribution in [-0.4, -0.2) is 41.7 Å². The topological polar surface area (TPSA) is 115 Å². The Hall–Kier alpha value is -1.89. The molecule has 0 saturated carbocycles. The van der Waals surface area contributed by atoms with Crippen molar-refractivity contribution in [2.45, 2.75) is 31.3 Å². The van der Waals surface area contributed by atoms with Gasteiger partial charge < -0.3 is 20.1 Å². The molecule has 0 bridgehead atoms. The molecule has 0 heterocycles. The Morgan fingerprint density at radius 3 is 2.35 bits per heavy atom. The summed E-state index contributed by atoms with van der Waals surface area (Å²) in [6.07, 6.45) is 0.824. The van der Waals surface area contributed by atoms with E-state index in [0.29, 0.717) is 32.3 Å². The molecule has 0 aliphatic heterocycles. The summed E-state index contributed by atoms with van der Waals surface area (Å²) in [6.45, 7) is 4.31. The predicted octanol–water partition coefficient (Wildman–Crippen LogP) is 2.54. The van der Waals surface area contributed by atoms with Crippen LogP contribution in [0.5, 0.6) is 5.75 Å². The lowest BCUT2D eigenvalue weighted by atomic mass is 10.1. The van der Waals surface area contributed by atoms with Gasteiger partial charge in [-0.1, -0.05) is 24.3 Å². The van der Waals surface area contributed by atoms with Crippen LogP contribution in [0, 0.1) is 6.92 Å². The minimum absolute atomic E-state index is 0. The first-order valence-corrected chi connectivity index (χ1v) is 11.2. The predicted molar refractivity (Wildman–Crippen MR) is 133 cm³/mol. The average Bonchev–Trinajstić information content (AvgIpc) is 2.72. The van der Waals surface area contributed by atoms with Crippen LogP contribution in [0.3, 0.4) is 0 Å². The Morgan fingerprint density at radius 1 is 1.06 bits per heavy atom. The summed E-state index contributed by atoms with van der Waals surface area (Å²) in [5, 5.41) is 11.6. The van der Waals surface area contributed by atoms with E-state index in [0.717, 1.165) is 28.9 Å². The van der Waals surface area contributed by atoms with Gasteiger partial charge in [0.25, 0.3) is 0 Å². The van der Waals surface area contributed by atoms with Gasteiger partial charge >= 0.3 is 0 Å². The molecule has 10 heteroatoms. The zero-order valence-electron chi connectivity index (χ0n) is 18.1. The highest BCUT2D eigenvalue weighted by Gasteiger charge is 2.08. The minimum Gasteiger partial charge on any atom is -0.493 e. The Morgan fingerprint density at radius 2 is 1.74 bits per heavy atom. The number of sulfonamides is 1. The number of rotatable bonds is 10. The molecule has 172 valence electrons. The fourth-order valence-electron chi connectivity index (χ4n) is 2.71. The van der Waals surface area contributed by atoms with Crippen molar-refractivity contribution in [1.29, 1.82) is 0 Å². The summed E-state index contributed by atoms with van der Waals surface area (Å²) in [5.41, 5.74) is 3.06. The highest BCUT2D eigenvalue weighted by atomic mass is 127. The quantitative estimate of drug-likeness (QED) is 0.178. The Balaban J connectivity index is 0.00000480. The van der Waals surface area contributed by atoms with Gasteiger partial charge in [-0.15, -0.1) is 24.0 Å². The maximum Gasteiger partial charge on any atom is 0.238 e. The molecule has 4 N–H and O–H groups in total. The van der Waals surface area contributed by atoms with Crippen LogP contribution >= 0.6 is 24.0 Å². The summed E-state index contributed by atoms with van der Waals surface area (Å²) in [5.74, 6) is 1.46. The van der Waals surface area contributed by atoms with Crippen LogP contribution in [0.1, 0.15) is 23.1 Å². The number of nitrogens with two attached hydrogens (primary N) is 1. The zero-order chi connectivity index (χ0) is 22.0. The van der Waals surface area contributed by atoms with Gasteiger partial charge in [-0.2, -0.15) is 0 Å². The molecule has 31 heavy (non-hydrogen) atoms. The summed E-state index contributed by atoms with van der Waals surface area (Å²) in [6, 6.07) is 12.5. The summed E-state index contributed by atoms with van der Waals surface area (Å²) in [4.78, 5) is 4.32. The molecule has 0 radical (unpaired) electrons. The van der Waals surface area contributed by atoms with Crippen molar-refractivity contribution in [2.75, 3.05) is 27.4 Å². The van der Waals surface area contributed by atoms with Gasteiger partial charge in [0.1, 0.15) is 5.75 Å². The highest BCUT2D eigenvalue weighted by Crippen LogP contribution is 2.20. The zero-order valence-corrected chi connectivity index (χ0v) is 21.2. The number of nitrogens with one attached hydrogen (secondary N) is 2. The second kappa shape index (κ2) is 13.5.